The molecule has 0 bridgehead atoms. The fraction of sp³-hybridized carbons (Fsp3) is 0.167. The number of thiazole rings is 1. The first-order valence-electron chi connectivity index (χ1n) is 5.30. The number of nitrogens with one attached hydrogen (secondary N) is 1. The lowest BCUT2D eigenvalue weighted by Gasteiger charge is -2.06. The van der Waals surface area contributed by atoms with Gasteiger partial charge in [0.2, 0.25) is 0 Å². The van der Waals surface area contributed by atoms with Gasteiger partial charge in [-0.05, 0) is 25.1 Å². The van der Waals surface area contributed by atoms with Crippen LogP contribution in [0.1, 0.15) is 21.1 Å². The molecule has 1 aromatic carbocycles. The minimum absolute atomic E-state index is 0.247. The molecule has 1 aromatic heterocycles. The molecule has 4 nitrogen and oxygen atoms in total. The molecule has 2 rings (SSSR count). The number of nitrogens with zero attached hydrogens (tertiary/aromatic N) is 1. The zero-order valence-electron chi connectivity index (χ0n) is 9.74. The Labute approximate surface area is 114 Å². The fourth-order valence-electron chi connectivity index (χ4n) is 1.46. The summed E-state index contributed by atoms with van der Waals surface area (Å²) < 4.78 is 0. The fourth-order valence-corrected chi connectivity index (χ4v) is 2.34. The summed E-state index contributed by atoms with van der Waals surface area (Å²) >= 11 is 7.35. The molecule has 0 unspecified atom stereocenters. The van der Waals surface area contributed by atoms with Crippen molar-refractivity contribution in [2.75, 3.05) is 5.73 Å². The van der Waals surface area contributed by atoms with Crippen LogP contribution in [0, 0.1) is 6.92 Å². The van der Waals surface area contributed by atoms with E-state index in [9.17, 15) is 4.79 Å². The summed E-state index contributed by atoms with van der Waals surface area (Å²) in [6.45, 7) is 2.31. The second-order valence-corrected chi connectivity index (χ2v) is 5.18. The Morgan fingerprint density at radius 1 is 1.56 bits per heavy atom. The lowest BCUT2D eigenvalue weighted by molar-refractivity contribution is 0.0951. The first kappa shape index (κ1) is 12.9. The maximum Gasteiger partial charge on any atom is 0.253 e. The Kier molecular flexibility index (Phi) is 3.84. The molecule has 0 saturated carbocycles. The summed E-state index contributed by atoms with van der Waals surface area (Å²) in [7, 11) is 0. The van der Waals surface area contributed by atoms with Crippen LogP contribution in [-0.4, -0.2) is 10.9 Å². The Bertz CT molecular complexity index is 582. The molecule has 1 amide bonds. The molecule has 94 valence electrons. The highest BCUT2D eigenvalue weighted by atomic mass is 35.5. The molecule has 0 fully saturated rings. The number of hydrogen-bond donors (Lipinski definition) is 2. The summed E-state index contributed by atoms with van der Waals surface area (Å²) in [6.07, 6.45) is 0. The van der Waals surface area contributed by atoms with Gasteiger partial charge in [-0.3, -0.25) is 4.79 Å². The van der Waals surface area contributed by atoms with Gasteiger partial charge in [-0.1, -0.05) is 11.6 Å². The SMILES string of the molecule is Cc1csc(CNC(=O)c2cc(Cl)ccc2N)n1. The normalized spacial score (nSPS) is 10.3. The van der Waals surface area contributed by atoms with Crippen LogP contribution in [-0.2, 0) is 6.54 Å². The van der Waals surface area contributed by atoms with Crippen LogP contribution in [0.4, 0.5) is 5.69 Å². The molecular formula is C12H12ClN3OS. The van der Waals surface area contributed by atoms with Gasteiger partial charge in [-0.15, -0.1) is 11.3 Å². The minimum Gasteiger partial charge on any atom is -0.398 e. The first-order valence-corrected chi connectivity index (χ1v) is 6.56. The Morgan fingerprint density at radius 3 is 3.00 bits per heavy atom. The van der Waals surface area contributed by atoms with Gasteiger partial charge in [0.15, 0.2) is 0 Å². The van der Waals surface area contributed by atoms with Gasteiger partial charge < -0.3 is 11.1 Å². The number of rotatable bonds is 3. The summed E-state index contributed by atoms with van der Waals surface area (Å²) in [5.41, 5.74) is 7.48. The van der Waals surface area contributed by atoms with Crippen molar-refractivity contribution >= 4 is 34.5 Å². The van der Waals surface area contributed by atoms with E-state index >= 15 is 0 Å². The van der Waals surface area contributed by atoms with Gasteiger partial charge in [0, 0.05) is 21.8 Å². The van der Waals surface area contributed by atoms with Gasteiger partial charge >= 0.3 is 0 Å². The van der Waals surface area contributed by atoms with E-state index in [1.807, 2.05) is 12.3 Å². The van der Waals surface area contributed by atoms with E-state index in [1.165, 1.54) is 11.3 Å². The first-order chi connectivity index (χ1) is 8.56. The summed E-state index contributed by atoms with van der Waals surface area (Å²) in [4.78, 5) is 16.2. The summed E-state index contributed by atoms with van der Waals surface area (Å²) in [5, 5.41) is 6.05. The third kappa shape index (κ3) is 3.00. The number of nitrogens with two attached hydrogens (primary N) is 1. The lowest BCUT2D eigenvalue weighted by atomic mass is 10.1. The largest absolute Gasteiger partial charge is 0.398 e. The monoisotopic (exact) mass is 281 g/mol. The quantitative estimate of drug-likeness (QED) is 0.850. The van der Waals surface area contributed by atoms with Crippen molar-refractivity contribution in [1.82, 2.24) is 10.3 Å². The van der Waals surface area contributed by atoms with Crippen LogP contribution in [0.5, 0.6) is 0 Å². The number of aryl methyl sites for hydroxylation is 1. The van der Waals surface area contributed by atoms with Gasteiger partial charge in [-0.25, -0.2) is 4.98 Å². The molecule has 0 aliphatic heterocycles. The summed E-state index contributed by atoms with van der Waals surface area (Å²) in [6, 6.07) is 4.82. The maximum absolute atomic E-state index is 11.9. The molecule has 0 atom stereocenters. The number of benzene rings is 1. The number of halogens is 1. The van der Waals surface area contributed by atoms with E-state index in [0.29, 0.717) is 22.8 Å². The Morgan fingerprint density at radius 2 is 2.33 bits per heavy atom. The van der Waals surface area contributed by atoms with Crippen molar-refractivity contribution in [3.8, 4) is 0 Å². The highest BCUT2D eigenvalue weighted by Gasteiger charge is 2.10. The molecular weight excluding hydrogens is 270 g/mol. The standard InChI is InChI=1S/C12H12ClN3OS/c1-7-6-18-11(16-7)5-15-12(17)9-4-8(13)2-3-10(9)14/h2-4,6H,5,14H2,1H3,(H,15,17). The molecule has 0 aliphatic rings. The van der Waals surface area contributed by atoms with E-state index in [0.717, 1.165) is 10.7 Å². The second kappa shape index (κ2) is 5.37. The molecule has 2 aromatic rings. The average Bonchev–Trinajstić information content (AvgIpc) is 2.75. The van der Waals surface area contributed by atoms with Crippen molar-refractivity contribution < 1.29 is 4.79 Å². The van der Waals surface area contributed by atoms with E-state index in [2.05, 4.69) is 10.3 Å². The number of carbonyl (C=O) groups is 1. The molecule has 6 heteroatoms. The minimum atomic E-state index is -0.247. The highest BCUT2D eigenvalue weighted by Crippen LogP contribution is 2.18. The highest BCUT2D eigenvalue weighted by molar-refractivity contribution is 7.09. The van der Waals surface area contributed by atoms with Crippen LogP contribution in [0.25, 0.3) is 0 Å². The number of aromatic nitrogens is 1. The number of hydrogen-bond acceptors (Lipinski definition) is 4. The number of anilines is 1. The smallest absolute Gasteiger partial charge is 0.253 e. The zero-order valence-corrected chi connectivity index (χ0v) is 11.3. The number of amides is 1. The predicted octanol–water partition coefficient (Wildman–Crippen LogP) is 2.62. The molecule has 1 heterocycles. The van der Waals surface area contributed by atoms with Gasteiger partial charge in [-0.2, -0.15) is 0 Å². The third-order valence-electron chi connectivity index (χ3n) is 2.33. The van der Waals surface area contributed by atoms with Crippen LogP contribution < -0.4 is 11.1 Å². The van der Waals surface area contributed by atoms with Crippen molar-refractivity contribution in [3.05, 3.63) is 44.9 Å². The van der Waals surface area contributed by atoms with E-state index in [1.54, 1.807) is 18.2 Å². The molecule has 18 heavy (non-hydrogen) atoms. The van der Waals surface area contributed by atoms with E-state index in [4.69, 9.17) is 17.3 Å². The zero-order chi connectivity index (χ0) is 13.1. The van der Waals surface area contributed by atoms with Gasteiger partial charge in [0.05, 0.1) is 12.1 Å². The van der Waals surface area contributed by atoms with Crippen LogP contribution in [0.15, 0.2) is 23.6 Å². The Balaban J connectivity index is 2.05. The van der Waals surface area contributed by atoms with Crippen LogP contribution in [0.2, 0.25) is 5.02 Å². The number of nitrogen functional groups attached to an aromatic ring is 1. The van der Waals surface area contributed by atoms with Gasteiger partial charge in [0.25, 0.3) is 5.91 Å². The van der Waals surface area contributed by atoms with Crippen molar-refractivity contribution in [2.24, 2.45) is 0 Å². The predicted molar refractivity (Wildman–Crippen MR) is 73.9 cm³/mol. The second-order valence-electron chi connectivity index (χ2n) is 3.80. The maximum atomic E-state index is 11.9. The molecule has 0 spiro atoms. The lowest BCUT2D eigenvalue weighted by Crippen LogP contribution is -2.23. The topological polar surface area (TPSA) is 68.0 Å². The average molecular weight is 282 g/mol. The molecule has 0 radical (unpaired) electrons. The van der Waals surface area contributed by atoms with Crippen molar-refractivity contribution in [1.29, 1.82) is 0 Å². The van der Waals surface area contributed by atoms with Crippen molar-refractivity contribution in [3.63, 3.8) is 0 Å². The van der Waals surface area contributed by atoms with E-state index in [-0.39, 0.29) is 5.91 Å². The Hall–Kier alpha value is -1.59. The van der Waals surface area contributed by atoms with Crippen molar-refractivity contribution in [2.45, 2.75) is 13.5 Å². The molecule has 3 N–H and O–H groups in total. The summed E-state index contributed by atoms with van der Waals surface area (Å²) in [5.74, 6) is -0.247. The number of carbonyl (C=O) groups excluding carboxylic acids is 1. The molecule has 0 aliphatic carbocycles. The van der Waals surface area contributed by atoms with Gasteiger partial charge in [0.1, 0.15) is 5.01 Å². The third-order valence-corrected chi connectivity index (χ3v) is 3.53. The molecule has 0 saturated heterocycles. The van der Waals surface area contributed by atoms with E-state index < -0.39 is 0 Å². The van der Waals surface area contributed by atoms with Crippen LogP contribution in [0.3, 0.4) is 0 Å². The van der Waals surface area contributed by atoms with Crippen LogP contribution >= 0.6 is 22.9 Å².